The fourth-order valence-electron chi connectivity index (χ4n) is 2.71. The minimum Gasteiger partial charge on any atom is -0.494 e. The lowest BCUT2D eigenvalue weighted by Gasteiger charge is -2.16. The molecule has 0 aliphatic rings. The topological polar surface area (TPSA) is 38.3 Å². The number of carbonyl (C=O) groups is 1. The normalized spacial score (nSPS) is 11.8. The van der Waals surface area contributed by atoms with Gasteiger partial charge in [0.25, 0.3) is 0 Å². The van der Waals surface area contributed by atoms with E-state index in [0.29, 0.717) is 18.9 Å². The van der Waals surface area contributed by atoms with Gasteiger partial charge >= 0.3 is 0 Å². The molecule has 0 fully saturated rings. The van der Waals surface area contributed by atoms with Crippen molar-refractivity contribution in [3.8, 4) is 5.75 Å². The Hall–Kier alpha value is -2.36. The van der Waals surface area contributed by atoms with Crippen molar-refractivity contribution in [2.45, 2.75) is 38.5 Å². The second kappa shape index (κ2) is 10.5. The highest BCUT2D eigenvalue weighted by Crippen LogP contribution is 2.21. The van der Waals surface area contributed by atoms with Crippen LogP contribution in [0.1, 0.15) is 44.1 Å². The number of ether oxygens (including phenoxy) is 1. The van der Waals surface area contributed by atoms with Crippen molar-refractivity contribution in [3.05, 3.63) is 66.0 Å². The van der Waals surface area contributed by atoms with Crippen LogP contribution in [-0.4, -0.2) is 19.1 Å². The monoisotopic (exact) mass is 343 g/mol. The fourth-order valence-corrected chi connectivity index (χ4v) is 2.71. The van der Waals surface area contributed by atoms with Crippen molar-refractivity contribution in [1.82, 2.24) is 5.32 Å². The number of unbranched alkanes of at least 4 members (excludes halogenated alkanes) is 1. The van der Waals surface area contributed by atoms with Crippen LogP contribution in [0.4, 0.5) is 4.39 Å². The predicted octanol–water partition coefficient (Wildman–Crippen LogP) is 4.68. The molecule has 0 radical (unpaired) electrons. The van der Waals surface area contributed by atoms with Gasteiger partial charge in [0.15, 0.2) is 0 Å². The van der Waals surface area contributed by atoms with Crippen molar-refractivity contribution >= 4 is 5.91 Å². The minimum atomic E-state index is -0.268. The number of nitrogens with one attached hydrogen (secondary N) is 1. The molecule has 1 amide bonds. The number of hydrogen-bond acceptors (Lipinski definition) is 2. The summed E-state index contributed by atoms with van der Waals surface area (Å²) in [6, 6.07) is 15.9. The number of halogens is 1. The van der Waals surface area contributed by atoms with Crippen molar-refractivity contribution in [1.29, 1.82) is 0 Å². The van der Waals surface area contributed by atoms with Gasteiger partial charge in [-0.1, -0.05) is 43.7 Å². The maximum absolute atomic E-state index is 12.8. The van der Waals surface area contributed by atoms with Crippen LogP contribution in [-0.2, 0) is 4.79 Å². The maximum atomic E-state index is 12.8. The Bertz CT molecular complexity index is 628. The van der Waals surface area contributed by atoms with Crippen LogP contribution < -0.4 is 10.1 Å². The Labute approximate surface area is 149 Å². The lowest BCUT2D eigenvalue weighted by atomic mass is 9.93. The molecule has 1 unspecified atom stereocenters. The van der Waals surface area contributed by atoms with E-state index < -0.39 is 0 Å². The molecule has 2 rings (SSSR count). The van der Waals surface area contributed by atoms with Crippen LogP contribution in [0, 0.1) is 5.82 Å². The molecule has 0 saturated carbocycles. The summed E-state index contributed by atoms with van der Waals surface area (Å²) >= 11 is 0. The second-order valence-electron chi connectivity index (χ2n) is 6.05. The van der Waals surface area contributed by atoms with Gasteiger partial charge in [-0.05, 0) is 49.1 Å². The van der Waals surface area contributed by atoms with Gasteiger partial charge in [0.1, 0.15) is 11.6 Å². The summed E-state index contributed by atoms with van der Waals surface area (Å²) in [6.07, 6.45) is 3.50. The molecule has 2 aromatic rings. The summed E-state index contributed by atoms with van der Waals surface area (Å²) in [6.45, 7) is 3.28. The third-order valence-corrected chi connectivity index (χ3v) is 4.05. The van der Waals surface area contributed by atoms with E-state index in [1.54, 1.807) is 12.1 Å². The zero-order valence-electron chi connectivity index (χ0n) is 14.7. The summed E-state index contributed by atoms with van der Waals surface area (Å²) in [7, 11) is 0. The predicted molar refractivity (Wildman–Crippen MR) is 98.2 cm³/mol. The third kappa shape index (κ3) is 6.57. The van der Waals surface area contributed by atoms with E-state index in [9.17, 15) is 9.18 Å². The highest BCUT2D eigenvalue weighted by molar-refractivity contribution is 5.83. The molecular weight excluding hydrogens is 317 g/mol. The number of rotatable bonds is 10. The number of amides is 1. The van der Waals surface area contributed by atoms with Gasteiger partial charge in [-0.3, -0.25) is 4.79 Å². The average molecular weight is 343 g/mol. The molecule has 0 saturated heterocycles. The van der Waals surface area contributed by atoms with Gasteiger partial charge in [-0.15, -0.1) is 0 Å². The van der Waals surface area contributed by atoms with E-state index in [0.717, 1.165) is 31.2 Å². The molecule has 4 heteroatoms. The Morgan fingerprint density at radius 3 is 2.48 bits per heavy atom. The maximum Gasteiger partial charge on any atom is 0.227 e. The van der Waals surface area contributed by atoms with Gasteiger partial charge in [-0.25, -0.2) is 4.39 Å². The molecule has 0 spiro atoms. The van der Waals surface area contributed by atoms with Crippen molar-refractivity contribution in [2.24, 2.45) is 0 Å². The van der Waals surface area contributed by atoms with E-state index in [-0.39, 0.29) is 17.6 Å². The Balaban J connectivity index is 1.67. The number of hydrogen-bond donors (Lipinski definition) is 1. The Morgan fingerprint density at radius 1 is 1.08 bits per heavy atom. The smallest absolute Gasteiger partial charge is 0.227 e. The lowest BCUT2D eigenvalue weighted by molar-refractivity contribution is -0.122. The summed E-state index contributed by atoms with van der Waals surface area (Å²) in [5.74, 6) is 0.404. The van der Waals surface area contributed by atoms with Crippen molar-refractivity contribution in [2.75, 3.05) is 13.2 Å². The van der Waals surface area contributed by atoms with Crippen LogP contribution in [0.25, 0.3) is 0 Å². The first-order chi connectivity index (χ1) is 12.2. The SMILES string of the molecule is CCCC(C(=O)NCCCCOc1ccc(F)cc1)c1ccccc1. The molecule has 0 aromatic heterocycles. The quantitative estimate of drug-likeness (QED) is 0.636. The van der Waals surface area contributed by atoms with E-state index >= 15 is 0 Å². The molecule has 0 aliphatic carbocycles. The summed E-state index contributed by atoms with van der Waals surface area (Å²) in [5.41, 5.74) is 1.07. The van der Waals surface area contributed by atoms with Gasteiger partial charge in [0, 0.05) is 6.54 Å². The van der Waals surface area contributed by atoms with E-state index in [4.69, 9.17) is 4.74 Å². The molecule has 0 bridgehead atoms. The van der Waals surface area contributed by atoms with Crippen LogP contribution in [0.2, 0.25) is 0 Å². The number of benzene rings is 2. The van der Waals surface area contributed by atoms with Crippen molar-refractivity contribution in [3.63, 3.8) is 0 Å². The van der Waals surface area contributed by atoms with Crippen molar-refractivity contribution < 1.29 is 13.9 Å². The largest absolute Gasteiger partial charge is 0.494 e. The first-order valence-electron chi connectivity index (χ1n) is 8.91. The zero-order valence-corrected chi connectivity index (χ0v) is 14.7. The summed E-state index contributed by atoms with van der Waals surface area (Å²) in [4.78, 5) is 12.4. The Morgan fingerprint density at radius 2 is 1.80 bits per heavy atom. The molecule has 2 aromatic carbocycles. The highest BCUT2D eigenvalue weighted by atomic mass is 19.1. The third-order valence-electron chi connectivity index (χ3n) is 4.05. The highest BCUT2D eigenvalue weighted by Gasteiger charge is 2.18. The minimum absolute atomic E-state index is 0.0818. The van der Waals surface area contributed by atoms with E-state index in [1.165, 1.54) is 12.1 Å². The average Bonchev–Trinajstić information content (AvgIpc) is 2.64. The zero-order chi connectivity index (χ0) is 17.9. The van der Waals surface area contributed by atoms with Gasteiger partial charge in [-0.2, -0.15) is 0 Å². The molecule has 25 heavy (non-hydrogen) atoms. The second-order valence-corrected chi connectivity index (χ2v) is 6.05. The molecular formula is C21H26FNO2. The summed E-state index contributed by atoms with van der Waals surface area (Å²) < 4.78 is 18.3. The fraction of sp³-hybridized carbons (Fsp3) is 0.381. The van der Waals surface area contributed by atoms with E-state index in [1.807, 2.05) is 30.3 Å². The summed E-state index contributed by atoms with van der Waals surface area (Å²) in [5, 5.41) is 3.03. The van der Waals surface area contributed by atoms with Crippen LogP contribution in [0.3, 0.4) is 0 Å². The van der Waals surface area contributed by atoms with Gasteiger partial charge in [0.05, 0.1) is 12.5 Å². The van der Waals surface area contributed by atoms with Crippen LogP contribution >= 0.6 is 0 Å². The standard InChI is InChI=1S/C21H26FNO2/c1-2-8-20(17-9-4-3-5-10-17)21(24)23-15-6-7-16-25-19-13-11-18(22)12-14-19/h3-5,9-14,20H,2,6-8,15-16H2,1H3,(H,23,24). The Kier molecular flexibility index (Phi) is 7.96. The van der Waals surface area contributed by atoms with Crippen LogP contribution in [0.15, 0.2) is 54.6 Å². The molecule has 134 valence electrons. The van der Waals surface area contributed by atoms with Crippen LogP contribution in [0.5, 0.6) is 5.75 Å². The van der Waals surface area contributed by atoms with Gasteiger partial charge in [0.2, 0.25) is 5.91 Å². The van der Waals surface area contributed by atoms with Gasteiger partial charge < -0.3 is 10.1 Å². The molecule has 3 nitrogen and oxygen atoms in total. The number of carbonyl (C=O) groups excluding carboxylic acids is 1. The lowest BCUT2D eigenvalue weighted by Crippen LogP contribution is -2.30. The van der Waals surface area contributed by atoms with E-state index in [2.05, 4.69) is 12.2 Å². The molecule has 1 atom stereocenters. The molecule has 1 N–H and O–H groups in total. The molecule has 0 aliphatic heterocycles. The molecule has 0 heterocycles. The first-order valence-corrected chi connectivity index (χ1v) is 8.91. The first kappa shape index (κ1) is 19.0.